The predicted molar refractivity (Wildman–Crippen MR) is 69.2 cm³/mol. The van der Waals surface area contributed by atoms with Gasteiger partial charge in [0.05, 0.1) is 6.61 Å². The Kier molecular flexibility index (Phi) is 4.42. The summed E-state index contributed by atoms with van der Waals surface area (Å²) in [7, 11) is 1.76. The van der Waals surface area contributed by atoms with E-state index in [2.05, 4.69) is 11.6 Å². The van der Waals surface area contributed by atoms with Gasteiger partial charge in [-0.2, -0.15) is 11.8 Å². The van der Waals surface area contributed by atoms with Crippen LogP contribution in [0, 0.1) is 0 Å². The zero-order valence-corrected chi connectivity index (χ0v) is 10.1. The lowest BCUT2D eigenvalue weighted by Gasteiger charge is -2.08. The van der Waals surface area contributed by atoms with Crippen molar-refractivity contribution in [2.75, 3.05) is 23.9 Å². The van der Waals surface area contributed by atoms with Crippen molar-refractivity contribution >= 4 is 24.9 Å². The third-order valence-corrected chi connectivity index (χ3v) is 2.87. The summed E-state index contributed by atoms with van der Waals surface area (Å²) < 4.78 is 10.6. The second kappa shape index (κ2) is 6.06. The lowest BCUT2D eigenvalue weighted by molar-refractivity contribution is 0.319. The topological polar surface area (TPSA) is 33.8 Å². The number of ether oxygens (including phenoxy) is 1. The first-order chi connectivity index (χ1) is 7.88. The summed E-state index contributed by atoms with van der Waals surface area (Å²) in [6.07, 6.45) is 3.27. The number of nitrogens with one attached hydrogen (secondary N) is 1. The average Bonchev–Trinajstić information content (AvgIpc) is 3.09. The molecule has 3 nitrogen and oxygen atoms in total. The summed E-state index contributed by atoms with van der Waals surface area (Å²) in [5, 5.41) is 3.20. The molecule has 0 amide bonds. The van der Waals surface area contributed by atoms with Crippen molar-refractivity contribution < 1.29 is 9.39 Å². The first kappa shape index (κ1) is 11.7. The smallest absolute Gasteiger partial charge is 0.350 e. The Hall–Kier alpha value is -0.805. The largest absolute Gasteiger partial charge is 0.493 e. The standard InChI is InChI=1S/C11H15BNO2S/c1-16-7-3-6-14-10-5-2-4-9(8-10)13-11-12-15-11/h2,4-5,8,11,13H,3,6-7H2,1H3. The number of anilines is 1. The predicted octanol–water partition coefficient (Wildman–Crippen LogP) is 2.16. The van der Waals surface area contributed by atoms with E-state index in [4.69, 9.17) is 9.39 Å². The van der Waals surface area contributed by atoms with E-state index in [9.17, 15) is 0 Å². The SMILES string of the molecule is CSCCCOc1cccc(NC2[B]O2)c1. The van der Waals surface area contributed by atoms with Gasteiger partial charge in [0.15, 0.2) is 0 Å². The molecule has 1 N–H and O–H groups in total. The summed E-state index contributed by atoms with van der Waals surface area (Å²) in [5.74, 6) is 2.05. The minimum Gasteiger partial charge on any atom is -0.493 e. The van der Waals surface area contributed by atoms with Crippen molar-refractivity contribution in [1.82, 2.24) is 0 Å². The van der Waals surface area contributed by atoms with E-state index in [1.807, 2.05) is 36.0 Å². The molecule has 1 unspecified atom stereocenters. The maximum Gasteiger partial charge on any atom is 0.350 e. The number of hydrogen-bond acceptors (Lipinski definition) is 4. The van der Waals surface area contributed by atoms with Crippen LogP contribution in [0.3, 0.4) is 0 Å². The van der Waals surface area contributed by atoms with Crippen LogP contribution in [0.25, 0.3) is 0 Å². The van der Waals surface area contributed by atoms with Crippen molar-refractivity contribution in [2.24, 2.45) is 0 Å². The molecule has 1 radical (unpaired) electrons. The van der Waals surface area contributed by atoms with E-state index in [-0.39, 0.29) is 6.13 Å². The number of thioether (sulfide) groups is 1. The molecule has 16 heavy (non-hydrogen) atoms. The Bertz CT molecular complexity index is 334. The molecule has 85 valence electrons. The molecule has 1 atom stereocenters. The zero-order chi connectivity index (χ0) is 11.2. The van der Waals surface area contributed by atoms with Crippen LogP contribution in [0.15, 0.2) is 24.3 Å². The van der Waals surface area contributed by atoms with Gasteiger partial charge in [-0.1, -0.05) is 6.07 Å². The molecule has 0 saturated carbocycles. The highest BCUT2D eigenvalue weighted by atomic mass is 32.2. The average molecular weight is 236 g/mol. The third-order valence-electron chi connectivity index (χ3n) is 2.18. The lowest BCUT2D eigenvalue weighted by Crippen LogP contribution is -2.04. The molecular weight excluding hydrogens is 221 g/mol. The van der Waals surface area contributed by atoms with Crippen LogP contribution in [-0.4, -0.2) is 32.2 Å². The fourth-order valence-corrected chi connectivity index (χ4v) is 1.75. The van der Waals surface area contributed by atoms with E-state index in [0.29, 0.717) is 0 Å². The summed E-state index contributed by atoms with van der Waals surface area (Å²) in [4.78, 5) is 0. The van der Waals surface area contributed by atoms with Crippen LogP contribution >= 0.6 is 11.8 Å². The van der Waals surface area contributed by atoms with Crippen molar-refractivity contribution in [2.45, 2.75) is 12.5 Å². The normalized spacial score (nSPS) is 17.7. The van der Waals surface area contributed by atoms with Crippen LogP contribution in [0.4, 0.5) is 5.69 Å². The fraction of sp³-hybridized carbons (Fsp3) is 0.455. The molecule has 1 aromatic rings. The highest BCUT2D eigenvalue weighted by molar-refractivity contribution is 7.98. The van der Waals surface area contributed by atoms with Crippen LogP contribution < -0.4 is 10.1 Å². The van der Waals surface area contributed by atoms with Gasteiger partial charge < -0.3 is 14.7 Å². The van der Waals surface area contributed by atoms with E-state index < -0.39 is 0 Å². The molecule has 1 aliphatic heterocycles. The molecular formula is C11H15BNO2S. The molecule has 1 saturated heterocycles. The van der Waals surface area contributed by atoms with E-state index >= 15 is 0 Å². The van der Waals surface area contributed by atoms with Gasteiger partial charge in [0.25, 0.3) is 0 Å². The van der Waals surface area contributed by atoms with Crippen molar-refractivity contribution in [1.29, 1.82) is 0 Å². The van der Waals surface area contributed by atoms with Crippen LogP contribution in [0.5, 0.6) is 5.75 Å². The molecule has 5 heteroatoms. The molecule has 0 bridgehead atoms. The highest BCUT2D eigenvalue weighted by Gasteiger charge is 2.25. The van der Waals surface area contributed by atoms with Crippen molar-refractivity contribution in [3.05, 3.63) is 24.3 Å². The van der Waals surface area contributed by atoms with Crippen molar-refractivity contribution in [3.8, 4) is 5.75 Å². The first-order valence-corrected chi connectivity index (χ1v) is 6.75. The van der Waals surface area contributed by atoms with Crippen LogP contribution in [0.1, 0.15) is 6.42 Å². The molecule has 1 fully saturated rings. The monoisotopic (exact) mass is 236 g/mol. The lowest BCUT2D eigenvalue weighted by atomic mass is 10.1. The van der Waals surface area contributed by atoms with Crippen LogP contribution in [-0.2, 0) is 4.65 Å². The third kappa shape index (κ3) is 3.98. The molecule has 0 aliphatic carbocycles. The van der Waals surface area contributed by atoms with Gasteiger partial charge in [-0.25, -0.2) is 0 Å². The number of benzene rings is 1. The van der Waals surface area contributed by atoms with Gasteiger partial charge in [-0.15, -0.1) is 0 Å². The summed E-state index contributed by atoms with van der Waals surface area (Å²) in [5.41, 5.74) is 1.03. The number of hydrogen-bond donors (Lipinski definition) is 1. The minimum absolute atomic E-state index is 0.0757. The molecule has 0 aromatic heterocycles. The van der Waals surface area contributed by atoms with E-state index in [1.54, 1.807) is 7.48 Å². The van der Waals surface area contributed by atoms with Crippen LogP contribution in [0.2, 0.25) is 0 Å². The molecule has 0 spiro atoms. The quantitative estimate of drug-likeness (QED) is 0.447. The van der Waals surface area contributed by atoms with Gasteiger partial charge in [-0.05, 0) is 30.6 Å². The van der Waals surface area contributed by atoms with Gasteiger partial charge in [0, 0.05) is 11.8 Å². The zero-order valence-electron chi connectivity index (χ0n) is 9.31. The first-order valence-electron chi connectivity index (χ1n) is 5.35. The Labute approximate surface area is 101 Å². The maximum atomic E-state index is 5.65. The Balaban J connectivity index is 1.78. The molecule has 1 aliphatic rings. The van der Waals surface area contributed by atoms with Gasteiger partial charge in [0.2, 0.25) is 0 Å². The Morgan fingerprint density at radius 3 is 3.19 bits per heavy atom. The maximum absolute atomic E-state index is 5.65. The number of rotatable bonds is 7. The Morgan fingerprint density at radius 2 is 2.44 bits per heavy atom. The highest BCUT2D eigenvalue weighted by Crippen LogP contribution is 2.20. The van der Waals surface area contributed by atoms with Gasteiger partial charge in [0.1, 0.15) is 11.9 Å². The van der Waals surface area contributed by atoms with Gasteiger partial charge in [-0.3, -0.25) is 0 Å². The van der Waals surface area contributed by atoms with E-state index in [1.165, 1.54) is 0 Å². The minimum atomic E-state index is 0.0757. The molecule has 1 aromatic carbocycles. The second-order valence-corrected chi connectivity index (χ2v) is 4.55. The fourth-order valence-electron chi connectivity index (χ4n) is 1.34. The second-order valence-electron chi connectivity index (χ2n) is 3.56. The summed E-state index contributed by atoms with van der Waals surface area (Å²) >= 11 is 1.84. The summed E-state index contributed by atoms with van der Waals surface area (Å²) in [6, 6.07) is 7.95. The van der Waals surface area contributed by atoms with Crippen molar-refractivity contribution in [3.63, 3.8) is 0 Å². The van der Waals surface area contributed by atoms with Gasteiger partial charge >= 0.3 is 7.48 Å². The molecule has 1 heterocycles. The Morgan fingerprint density at radius 1 is 1.56 bits per heavy atom. The summed E-state index contributed by atoms with van der Waals surface area (Å²) in [6.45, 7) is 0.774. The van der Waals surface area contributed by atoms with E-state index in [0.717, 1.165) is 30.2 Å². The molecule has 2 rings (SSSR count).